The summed E-state index contributed by atoms with van der Waals surface area (Å²) in [5.41, 5.74) is 11.2. The van der Waals surface area contributed by atoms with Gasteiger partial charge in [0, 0.05) is 146 Å². The number of methoxy groups -OCH3 is 3. The van der Waals surface area contributed by atoms with Crippen molar-refractivity contribution < 1.29 is 68.7 Å². The number of hydrogen-bond acceptors (Lipinski definition) is 27. The van der Waals surface area contributed by atoms with Crippen molar-refractivity contribution in [1.82, 2.24) is 106 Å². The molecular weight excluding hydrogens is 1890 g/mol. The topological polar surface area (TPSA) is 421 Å². The molecule has 13 rings (SSSR count). The number of aryl methyl sites for hydroxylation is 6. The van der Waals surface area contributed by atoms with Gasteiger partial charge in [-0.3, -0.25) is 28.2 Å². The number of thiol groups is 1. The summed E-state index contributed by atoms with van der Waals surface area (Å²) in [4.78, 5) is 69.1. The van der Waals surface area contributed by atoms with Crippen LogP contribution in [-0.2, 0) is 89.6 Å². The van der Waals surface area contributed by atoms with E-state index in [0.717, 1.165) is 64.5 Å². The van der Waals surface area contributed by atoms with Gasteiger partial charge < -0.3 is 71.3 Å². The molecule has 1 saturated heterocycles. The second-order valence-corrected chi connectivity index (χ2v) is 32.6. The number of esters is 3. The zero-order chi connectivity index (χ0) is 95.2. The van der Waals surface area contributed by atoms with Crippen LogP contribution in [0.2, 0.25) is 0 Å². The Hall–Kier alpha value is -9.30. The third-order valence-electron chi connectivity index (χ3n) is 16.4. The first-order valence-corrected chi connectivity index (χ1v) is 43.7. The Balaban J connectivity index is 0. The van der Waals surface area contributed by atoms with E-state index in [1.807, 2.05) is 113 Å². The number of aromatic hydroxyl groups is 1. The van der Waals surface area contributed by atoms with Crippen LogP contribution in [0.25, 0.3) is 45.6 Å². The molecule has 4 N–H and O–H groups in total. The molecule has 0 saturated carbocycles. The van der Waals surface area contributed by atoms with Crippen LogP contribution in [0, 0.1) is 0 Å². The van der Waals surface area contributed by atoms with Gasteiger partial charge in [-0.15, -0.1) is 11.6 Å². The van der Waals surface area contributed by atoms with Crippen LogP contribution >= 0.6 is 96.5 Å². The van der Waals surface area contributed by atoms with Crippen LogP contribution in [0.1, 0.15) is 209 Å². The molecule has 12 heterocycles. The molecule has 11 aromatic heterocycles. The first-order chi connectivity index (χ1) is 59.7. The van der Waals surface area contributed by atoms with Crippen LogP contribution in [0.15, 0.2) is 133 Å². The summed E-state index contributed by atoms with van der Waals surface area (Å²) in [5.74, 6) is -0.643. The number of hydrogen-bond donors (Lipinski definition) is 5. The molecule has 0 spiro atoms. The summed E-state index contributed by atoms with van der Waals surface area (Å²) in [6.07, 6.45) is 23.2. The summed E-state index contributed by atoms with van der Waals surface area (Å²) in [6, 6.07) is 15.2. The predicted molar refractivity (Wildman–Crippen MR) is 513 cm³/mol. The number of imidazole rings is 6. The number of alkyl halides is 4. The number of aliphatic hydroxyl groups excluding tert-OH is 1. The van der Waals surface area contributed by atoms with Crippen molar-refractivity contribution in [2.45, 2.75) is 172 Å². The number of nitrogens with zero attached hydrogens (tertiary/aromatic N) is 23. The number of ether oxygens (including phenoxy) is 5. The van der Waals surface area contributed by atoms with Gasteiger partial charge in [0.15, 0.2) is 27.7 Å². The molecule has 37 nitrogen and oxygen atoms in total. The summed E-state index contributed by atoms with van der Waals surface area (Å²) in [7, 11) is 25.5. The summed E-state index contributed by atoms with van der Waals surface area (Å²) in [6.45, 7) is 24.8. The van der Waals surface area contributed by atoms with Gasteiger partial charge in [-0.1, -0.05) is 77.0 Å². The van der Waals surface area contributed by atoms with E-state index in [4.69, 9.17) is 76.2 Å². The Labute approximate surface area is 797 Å². The fourth-order valence-electron chi connectivity index (χ4n) is 11.0. The molecule has 0 unspecified atom stereocenters. The van der Waals surface area contributed by atoms with Gasteiger partial charge in [0.25, 0.3) is 0 Å². The second-order valence-electron chi connectivity index (χ2n) is 26.8. The van der Waals surface area contributed by atoms with Gasteiger partial charge in [-0.05, 0) is 140 Å². The third-order valence-corrected chi connectivity index (χ3v) is 17.6. The van der Waals surface area contributed by atoms with Gasteiger partial charge in [0.2, 0.25) is 9.23 Å². The minimum atomic E-state index is -1.67. The zero-order valence-corrected chi connectivity index (χ0v) is 80.9. The zero-order valence-electron chi connectivity index (χ0n) is 74.1. The summed E-state index contributed by atoms with van der Waals surface area (Å²) >= 11 is 26.7. The van der Waals surface area contributed by atoms with Crippen molar-refractivity contribution in [3.05, 3.63) is 168 Å². The van der Waals surface area contributed by atoms with Gasteiger partial charge in [0.1, 0.15) is 34.1 Å². The molecule has 0 amide bonds. The van der Waals surface area contributed by atoms with E-state index in [1.54, 1.807) is 126 Å². The van der Waals surface area contributed by atoms with E-state index >= 15 is 0 Å². The van der Waals surface area contributed by atoms with E-state index in [0.29, 0.717) is 69.5 Å². The molecule has 707 valence electrons. The first-order valence-electron chi connectivity index (χ1n) is 38.5. The predicted octanol–water partition coefficient (Wildman–Crippen LogP) is 15.8. The molecule has 1 radical (unpaired) electrons. The number of rotatable bonds is 19. The fraction of sp³-hybridized carbons (Fsp3) is 0.463. The molecule has 0 atom stereocenters. The molecule has 1 fully saturated rings. The fourth-order valence-corrected chi connectivity index (χ4v) is 11.6. The molecular formula is C80H121B2BrCl6N23O14S2. The Kier molecular flexibility index (Phi) is 59.0. The van der Waals surface area contributed by atoms with E-state index in [-0.39, 0.29) is 71.0 Å². The van der Waals surface area contributed by atoms with Gasteiger partial charge in [0.05, 0.1) is 134 Å². The SMILES string of the molecule is C.C.C.C1CCOC1.CC(C)n1nccc1-c1c(CCl)ncn1C.CC(C)n1nccc1-c1c(CO)ncn1C.CC(C)n1nccc1-c1c(COc2cccc(O)c2C=O)ncn1C.CC(C)n1nccc1B(O)O.COC(=O)c1cn(C)cn1.COC(=O)c1ncn(C)c1-c1ccnn1C(C)C.COC(=O)c1ncn(C)c1Br.ClC(Cl)Cl.O=S(Cl)Cl.[2H]CC.[B]=NS. The Morgan fingerprint density at radius 3 is 1.29 bits per heavy atom. The maximum atomic E-state index is 11.7. The molecule has 1 aliphatic heterocycles. The van der Waals surface area contributed by atoms with Crippen LogP contribution in [0.4, 0.5) is 0 Å². The van der Waals surface area contributed by atoms with Gasteiger partial charge in [-0.25, -0.2) is 48.5 Å². The average Bonchev–Trinajstić information content (AvgIpc) is 1.68. The minimum absolute atomic E-state index is 0. The number of phenols is 1. The van der Waals surface area contributed by atoms with Crippen molar-refractivity contribution in [3.63, 3.8) is 0 Å². The van der Waals surface area contributed by atoms with E-state index < -0.39 is 38.5 Å². The van der Waals surface area contributed by atoms with Crippen molar-refractivity contribution in [2.24, 2.45) is 46.6 Å². The van der Waals surface area contributed by atoms with Crippen molar-refractivity contribution in [1.29, 1.82) is 0 Å². The van der Waals surface area contributed by atoms with Gasteiger partial charge in [-0.2, -0.15) is 25.5 Å². The Bertz CT molecular complexity index is 5090. The van der Waals surface area contributed by atoms with Crippen LogP contribution in [0.5, 0.6) is 11.5 Å². The van der Waals surface area contributed by atoms with Crippen LogP contribution in [0.3, 0.4) is 0 Å². The summed E-state index contributed by atoms with van der Waals surface area (Å²) < 4.78 is 62.4. The molecule has 48 heteroatoms. The van der Waals surface area contributed by atoms with Crippen LogP contribution < -0.4 is 10.3 Å². The van der Waals surface area contributed by atoms with Crippen LogP contribution in [-0.4, -0.2) is 208 Å². The molecule has 0 aliphatic carbocycles. The standard InChI is InChI=1S/C18H20N4O3.C12H16N4O2.C11H15ClN4.C11H16N4O.C6H11BN2O2.C6H7BrN2O2.C6H8N2O2.C4H8O.C2H6.CHCl3.3CH4.BHNS.Cl2OS/c1-12(2)22-15(7-8-20-22)18-14(19-11-21(18)3)10-25-17-6-4-5-16(24)13(17)9-23;1-8(2)16-9(5-6-14-16)11-10(12(17)18-4)13-7-15(11)3;1-8(2)16-10(4-5-14-16)11-9(6-12)13-7-15(11)3;1-8(2)15-10(4-5-13-15)11-9(6-16)12-7-14(11)3;1-5(2)9-6(7(10)11)3-4-8-9;1-9-3-8-4(5(9)7)6(10)11-2;1-8-3-5(7-4-8)6(9)10-2;1-2-4-5-3-1;1-2;2-1(3)4;;;;1-2-3;1-4(2)3/h4-9,11-12,24H,10H2,1-3H3;5-8H,1-4H3;4-5,7-8H,6H2,1-3H3;4-5,7-8,16H,6H2,1-3H3;3-5,10-11H,1-2H3;3H,1-2H3;3-4H,1-2H3;1-4H2;1-2H3;1H;3*1H4;3H;/i;;;;;;;;1D;;;;;;. The number of aldehydes is 1. The van der Waals surface area contributed by atoms with Crippen molar-refractivity contribution in [2.75, 3.05) is 34.5 Å². The number of phenolic OH excluding ortho intramolecular Hbond substituents is 1. The van der Waals surface area contributed by atoms with Gasteiger partial charge >= 0.3 is 49.8 Å². The van der Waals surface area contributed by atoms with Crippen molar-refractivity contribution in [3.8, 4) is 57.1 Å². The molecule has 12 aromatic rings. The van der Waals surface area contributed by atoms with E-state index in [1.165, 1.54) is 46.6 Å². The number of carbonyl (C=O) groups excluding carboxylic acids is 4. The van der Waals surface area contributed by atoms with Crippen molar-refractivity contribution >= 4 is 150 Å². The Morgan fingerprint density at radius 2 is 0.945 bits per heavy atom. The normalized spacial score (nSPS) is 10.7. The number of aromatic nitrogens is 22. The third kappa shape index (κ3) is 38.0. The molecule has 0 bridgehead atoms. The quantitative estimate of drug-likeness (QED) is 0.00954. The number of carbonyl (C=O) groups is 4. The monoisotopic (exact) mass is 2000 g/mol. The number of halogens is 7. The number of benzene rings is 1. The van der Waals surface area contributed by atoms with E-state index in [2.05, 4.69) is 168 Å². The Morgan fingerprint density at radius 1 is 0.594 bits per heavy atom. The van der Waals surface area contributed by atoms with E-state index in [9.17, 15) is 29.4 Å². The second kappa shape index (κ2) is 63.6. The summed E-state index contributed by atoms with van der Waals surface area (Å²) in [5, 5.41) is 57.8. The first kappa shape index (κ1) is 119. The number of aliphatic hydroxyl groups is 1. The maximum absolute atomic E-state index is 11.7. The molecule has 1 aromatic carbocycles. The molecule has 128 heavy (non-hydrogen) atoms. The molecule has 1 aliphatic rings. The average molecular weight is 2010 g/mol.